The highest BCUT2D eigenvalue weighted by Crippen LogP contribution is 2.25. The van der Waals surface area contributed by atoms with Gasteiger partial charge in [-0.05, 0) is 17.2 Å². The lowest BCUT2D eigenvalue weighted by molar-refractivity contribution is 1.53. The molecule has 1 radical (unpaired) electrons. The Bertz CT molecular complexity index is 351. The van der Waals surface area contributed by atoms with Gasteiger partial charge in [-0.1, -0.05) is 30.2 Å². The van der Waals surface area contributed by atoms with Crippen LogP contribution >= 0.6 is 0 Å². The van der Waals surface area contributed by atoms with E-state index >= 15 is 0 Å². The third kappa shape index (κ3) is 0.951. The van der Waals surface area contributed by atoms with Crippen molar-refractivity contribution in [2.75, 3.05) is 0 Å². The third-order valence-corrected chi connectivity index (χ3v) is 1.78. The Morgan fingerprint density at radius 3 is 2.45 bits per heavy atom. The van der Waals surface area contributed by atoms with E-state index in [1.54, 1.807) is 0 Å². The van der Waals surface area contributed by atoms with Gasteiger partial charge in [-0.15, -0.1) is 6.42 Å². The highest BCUT2D eigenvalue weighted by atomic mass is 14.1. The van der Waals surface area contributed by atoms with E-state index in [1.165, 1.54) is 11.1 Å². The van der Waals surface area contributed by atoms with Gasteiger partial charge >= 0.3 is 0 Å². The summed E-state index contributed by atoms with van der Waals surface area (Å²) in [4.78, 5) is 0. The fourth-order valence-corrected chi connectivity index (χ4v) is 1.23. The molecule has 0 nitrogen and oxygen atoms in total. The maximum atomic E-state index is 5.26. The molecule has 1 aromatic carbocycles. The molecule has 0 heterocycles. The molecule has 0 spiro atoms. The first-order valence-corrected chi connectivity index (χ1v) is 3.52. The predicted octanol–water partition coefficient (Wildman–Crippen LogP) is 2.27. The molecule has 11 heavy (non-hydrogen) atoms. The van der Waals surface area contributed by atoms with E-state index in [-0.39, 0.29) is 0 Å². The molecule has 0 N–H and O–H groups in total. The molecule has 0 unspecified atom stereocenters. The topological polar surface area (TPSA) is 0 Å². The lowest BCUT2D eigenvalue weighted by atomic mass is 10.1. The standard InChI is InChI=1S/C11H7/c1-2-9-7-10-5-3-4-6-11(10)8-9/h1,3-8H. The van der Waals surface area contributed by atoms with Crippen molar-refractivity contribution >= 4 is 6.08 Å². The zero-order valence-electron chi connectivity index (χ0n) is 6.04. The van der Waals surface area contributed by atoms with Gasteiger partial charge < -0.3 is 0 Å². The minimum Gasteiger partial charge on any atom is -0.115 e. The van der Waals surface area contributed by atoms with E-state index in [9.17, 15) is 0 Å². The first-order chi connectivity index (χ1) is 5.40. The van der Waals surface area contributed by atoms with Gasteiger partial charge in [0, 0.05) is 12.0 Å². The zero-order chi connectivity index (χ0) is 7.68. The summed E-state index contributed by atoms with van der Waals surface area (Å²) in [5.74, 6) is 2.62. The Morgan fingerprint density at radius 2 is 1.82 bits per heavy atom. The maximum absolute atomic E-state index is 5.26. The van der Waals surface area contributed by atoms with Crippen LogP contribution in [-0.2, 0) is 0 Å². The number of terminal acetylenes is 1. The summed E-state index contributed by atoms with van der Waals surface area (Å²) in [7, 11) is 0. The van der Waals surface area contributed by atoms with Crippen LogP contribution in [0.15, 0.2) is 29.8 Å². The minimum atomic E-state index is 0.964. The van der Waals surface area contributed by atoms with Crippen molar-refractivity contribution in [2.24, 2.45) is 0 Å². The van der Waals surface area contributed by atoms with Crippen molar-refractivity contribution in [3.8, 4) is 12.3 Å². The van der Waals surface area contributed by atoms with Crippen molar-refractivity contribution in [3.05, 3.63) is 47.4 Å². The molecule has 0 atom stereocenters. The smallest absolute Gasteiger partial charge is 0.0291 e. The Morgan fingerprint density at radius 1 is 1.09 bits per heavy atom. The van der Waals surface area contributed by atoms with Gasteiger partial charge in [0.2, 0.25) is 0 Å². The number of hydrogen-bond donors (Lipinski definition) is 0. The molecule has 0 bridgehead atoms. The lowest BCUT2D eigenvalue weighted by Crippen LogP contribution is -1.77. The van der Waals surface area contributed by atoms with Crippen LogP contribution in [0.25, 0.3) is 6.08 Å². The van der Waals surface area contributed by atoms with Gasteiger partial charge in [0.05, 0.1) is 0 Å². The first-order valence-electron chi connectivity index (χ1n) is 3.52. The molecule has 1 aromatic rings. The van der Waals surface area contributed by atoms with Crippen molar-refractivity contribution < 1.29 is 0 Å². The molecule has 51 valence electrons. The summed E-state index contributed by atoms with van der Waals surface area (Å²) in [5, 5.41) is 0. The summed E-state index contributed by atoms with van der Waals surface area (Å²) in [6, 6.07) is 8.16. The molecule has 1 aliphatic carbocycles. The molecule has 0 aromatic heterocycles. The Labute approximate surface area is 66.6 Å². The molecular formula is C11H7. The number of hydrogen-bond acceptors (Lipinski definition) is 0. The van der Waals surface area contributed by atoms with Gasteiger partial charge in [0.15, 0.2) is 0 Å². The summed E-state index contributed by atoms with van der Waals surface area (Å²) in [5.41, 5.74) is 3.41. The second kappa shape index (κ2) is 2.29. The van der Waals surface area contributed by atoms with Crippen LogP contribution in [0.4, 0.5) is 0 Å². The summed E-state index contributed by atoms with van der Waals surface area (Å²) in [6.07, 6.45) is 9.31. The van der Waals surface area contributed by atoms with Gasteiger partial charge in [0.1, 0.15) is 0 Å². The molecule has 2 rings (SSSR count). The molecule has 1 aliphatic rings. The van der Waals surface area contributed by atoms with E-state index in [4.69, 9.17) is 6.42 Å². The van der Waals surface area contributed by atoms with Crippen molar-refractivity contribution in [2.45, 2.75) is 0 Å². The average molecular weight is 139 g/mol. The van der Waals surface area contributed by atoms with Gasteiger partial charge in [0.25, 0.3) is 0 Å². The summed E-state index contributed by atoms with van der Waals surface area (Å²) < 4.78 is 0. The van der Waals surface area contributed by atoms with E-state index in [1.807, 2.05) is 24.6 Å². The molecule has 0 heteroatoms. The fraction of sp³-hybridized carbons (Fsp3) is 0. The molecule has 0 aliphatic heterocycles. The third-order valence-electron chi connectivity index (χ3n) is 1.78. The van der Waals surface area contributed by atoms with Crippen LogP contribution in [0.5, 0.6) is 0 Å². The monoisotopic (exact) mass is 139 g/mol. The number of rotatable bonds is 0. The van der Waals surface area contributed by atoms with Crippen molar-refractivity contribution in [1.82, 2.24) is 0 Å². The van der Waals surface area contributed by atoms with E-state index in [0.717, 1.165) is 5.57 Å². The first kappa shape index (κ1) is 6.24. The quantitative estimate of drug-likeness (QED) is 0.484. The average Bonchev–Trinajstić information content (AvgIpc) is 2.46. The number of benzene rings is 1. The zero-order valence-corrected chi connectivity index (χ0v) is 6.04. The molecule has 0 amide bonds. The van der Waals surface area contributed by atoms with Crippen molar-refractivity contribution in [3.63, 3.8) is 0 Å². The second-order valence-corrected chi connectivity index (χ2v) is 2.52. The van der Waals surface area contributed by atoms with Crippen LogP contribution < -0.4 is 0 Å². The summed E-state index contributed by atoms with van der Waals surface area (Å²) >= 11 is 0. The highest BCUT2D eigenvalue weighted by Gasteiger charge is 2.09. The Hall–Kier alpha value is -1.48. The van der Waals surface area contributed by atoms with Crippen LogP contribution in [0, 0.1) is 18.8 Å². The predicted molar refractivity (Wildman–Crippen MR) is 46.7 cm³/mol. The second-order valence-electron chi connectivity index (χ2n) is 2.52. The van der Waals surface area contributed by atoms with E-state index in [0.29, 0.717) is 0 Å². The summed E-state index contributed by atoms with van der Waals surface area (Å²) in [6.45, 7) is 0. The highest BCUT2D eigenvalue weighted by molar-refractivity contribution is 5.73. The maximum Gasteiger partial charge on any atom is 0.0291 e. The molecular weight excluding hydrogens is 132 g/mol. The van der Waals surface area contributed by atoms with E-state index < -0.39 is 0 Å². The molecule has 0 saturated carbocycles. The largest absolute Gasteiger partial charge is 0.115 e. The van der Waals surface area contributed by atoms with Gasteiger partial charge in [-0.2, -0.15) is 0 Å². The van der Waals surface area contributed by atoms with Crippen LogP contribution in [-0.4, -0.2) is 0 Å². The normalized spacial score (nSPS) is 13.5. The number of fused-ring (bicyclic) bond motifs is 1. The van der Waals surface area contributed by atoms with E-state index in [2.05, 4.69) is 18.1 Å². The lowest BCUT2D eigenvalue weighted by Gasteiger charge is -1.93. The van der Waals surface area contributed by atoms with Crippen LogP contribution in [0.2, 0.25) is 0 Å². The Balaban J connectivity index is 2.49. The fourth-order valence-electron chi connectivity index (χ4n) is 1.23. The van der Waals surface area contributed by atoms with Crippen molar-refractivity contribution in [1.29, 1.82) is 0 Å². The molecule has 0 saturated heterocycles. The van der Waals surface area contributed by atoms with Gasteiger partial charge in [-0.3, -0.25) is 0 Å². The number of allylic oxidation sites excluding steroid dienone is 1. The SMILES string of the molecule is C#CC1=Cc2ccccc2[CH]1. The molecule has 0 fully saturated rings. The van der Waals surface area contributed by atoms with Gasteiger partial charge in [-0.25, -0.2) is 0 Å². The Kier molecular flexibility index (Phi) is 1.30. The van der Waals surface area contributed by atoms with Crippen LogP contribution in [0.1, 0.15) is 11.1 Å². The minimum absolute atomic E-state index is 0.964. The van der Waals surface area contributed by atoms with Crippen LogP contribution in [0.3, 0.4) is 0 Å².